The molecule has 0 aliphatic carbocycles. The molecule has 74 valence electrons. The highest BCUT2D eigenvalue weighted by atomic mass is 32.1. The lowest BCUT2D eigenvalue weighted by molar-refractivity contribution is 0.387. The summed E-state index contributed by atoms with van der Waals surface area (Å²) in [7, 11) is 1.48. The van der Waals surface area contributed by atoms with Crippen molar-refractivity contribution in [3.8, 4) is 5.75 Å². The molecule has 0 bridgehead atoms. The lowest BCUT2D eigenvalue weighted by Gasteiger charge is -2.00. The average Bonchev–Trinajstić information content (AvgIpc) is 2.58. The maximum Gasteiger partial charge on any atom is 0.165 e. The largest absolute Gasteiger partial charge is 0.494 e. The zero-order chi connectivity index (χ0) is 10.1. The topological polar surface area (TPSA) is 9.23 Å². The molecule has 0 atom stereocenters. The number of methoxy groups -OCH3 is 1. The Hall–Kier alpha value is -1.09. The van der Waals surface area contributed by atoms with Crippen molar-refractivity contribution >= 4 is 21.4 Å². The molecule has 0 unspecified atom stereocenters. The van der Waals surface area contributed by atoms with Gasteiger partial charge in [-0.3, -0.25) is 0 Å². The summed E-state index contributed by atoms with van der Waals surface area (Å²) >= 11 is 1.69. The molecule has 0 radical (unpaired) electrons. The van der Waals surface area contributed by atoms with Crippen LogP contribution in [-0.2, 0) is 6.42 Å². The maximum atomic E-state index is 13.3. The number of hydrogen-bond acceptors (Lipinski definition) is 2. The summed E-state index contributed by atoms with van der Waals surface area (Å²) in [6.45, 7) is 2.10. The predicted molar refractivity (Wildman–Crippen MR) is 57.7 cm³/mol. The molecule has 1 nitrogen and oxygen atoms in total. The predicted octanol–water partition coefficient (Wildman–Crippen LogP) is 3.61. The van der Waals surface area contributed by atoms with Crippen LogP contribution in [-0.4, -0.2) is 7.11 Å². The van der Waals surface area contributed by atoms with Crippen molar-refractivity contribution in [2.24, 2.45) is 0 Å². The second kappa shape index (κ2) is 3.58. The number of thiophene rings is 1. The molecule has 0 saturated heterocycles. The van der Waals surface area contributed by atoms with E-state index in [2.05, 4.69) is 6.92 Å². The summed E-state index contributed by atoms with van der Waals surface area (Å²) in [4.78, 5) is 1.27. The Labute approximate surface area is 86.1 Å². The smallest absolute Gasteiger partial charge is 0.165 e. The Bertz CT molecular complexity index is 462. The minimum atomic E-state index is -0.291. The van der Waals surface area contributed by atoms with Gasteiger partial charge in [0.2, 0.25) is 0 Å². The minimum Gasteiger partial charge on any atom is -0.494 e. The highest BCUT2D eigenvalue weighted by Gasteiger charge is 2.07. The van der Waals surface area contributed by atoms with Crippen molar-refractivity contribution in [2.45, 2.75) is 13.3 Å². The number of aryl methyl sites for hydroxylation is 1. The van der Waals surface area contributed by atoms with Crippen molar-refractivity contribution in [3.63, 3.8) is 0 Å². The molecule has 1 aromatic carbocycles. The molecule has 3 heteroatoms. The molecular weight excluding hydrogens is 199 g/mol. The second-order valence-electron chi connectivity index (χ2n) is 3.09. The van der Waals surface area contributed by atoms with Crippen LogP contribution in [0.15, 0.2) is 18.2 Å². The van der Waals surface area contributed by atoms with Gasteiger partial charge in [-0.1, -0.05) is 6.92 Å². The number of fused-ring (bicyclic) bond motifs is 1. The summed E-state index contributed by atoms with van der Waals surface area (Å²) in [5.41, 5.74) is 0. The summed E-state index contributed by atoms with van der Waals surface area (Å²) in [6, 6.07) is 5.32. The van der Waals surface area contributed by atoms with Gasteiger partial charge in [0.15, 0.2) is 11.6 Å². The molecule has 0 N–H and O–H groups in total. The zero-order valence-corrected chi connectivity index (χ0v) is 8.95. The van der Waals surface area contributed by atoms with E-state index in [1.54, 1.807) is 17.4 Å². The van der Waals surface area contributed by atoms with Gasteiger partial charge in [-0.2, -0.15) is 0 Å². The van der Waals surface area contributed by atoms with Crippen molar-refractivity contribution < 1.29 is 9.13 Å². The number of benzene rings is 1. The Morgan fingerprint density at radius 2 is 2.14 bits per heavy atom. The average molecular weight is 210 g/mol. The first-order chi connectivity index (χ1) is 6.74. The lowest BCUT2D eigenvalue weighted by atomic mass is 10.2. The summed E-state index contributed by atoms with van der Waals surface area (Å²) < 4.78 is 19.3. The van der Waals surface area contributed by atoms with Crippen LogP contribution in [0.1, 0.15) is 11.8 Å². The molecule has 0 spiro atoms. The third-order valence-corrected chi connectivity index (χ3v) is 3.43. The Morgan fingerprint density at radius 3 is 2.79 bits per heavy atom. The van der Waals surface area contributed by atoms with Crippen LogP contribution in [0, 0.1) is 5.82 Å². The Morgan fingerprint density at radius 1 is 1.36 bits per heavy atom. The van der Waals surface area contributed by atoms with Gasteiger partial charge in [-0.05, 0) is 23.9 Å². The van der Waals surface area contributed by atoms with Gasteiger partial charge in [0.1, 0.15) is 0 Å². The summed E-state index contributed by atoms with van der Waals surface area (Å²) in [5, 5.41) is 0.963. The number of ether oxygens (including phenoxy) is 1. The van der Waals surface area contributed by atoms with Gasteiger partial charge < -0.3 is 4.74 Å². The van der Waals surface area contributed by atoms with Crippen molar-refractivity contribution in [2.75, 3.05) is 7.11 Å². The van der Waals surface area contributed by atoms with Gasteiger partial charge in [0.05, 0.1) is 7.11 Å². The van der Waals surface area contributed by atoms with E-state index in [0.717, 1.165) is 16.5 Å². The van der Waals surface area contributed by atoms with Crippen molar-refractivity contribution in [1.29, 1.82) is 0 Å². The lowest BCUT2D eigenvalue weighted by Crippen LogP contribution is -1.86. The van der Waals surface area contributed by atoms with Crippen LogP contribution in [0.4, 0.5) is 4.39 Å². The maximum absolute atomic E-state index is 13.3. The molecule has 1 heterocycles. The van der Waals surface area contributed by atoms with Gasteiger partial charge in [-0.25, -0.2) is 4.39 Å². The quantitative estimate of drug-likeness (QED) is 0.735. The van der Waals surface area contributed by atoms with Gasteiger partial charge in [0, 0.05) is 15.6 Å². The third kappa shape index (κ3) is 1.48. The van der Waals surface area contributed by atoms with Crippen molar-refractivity contribution in [3.05, 3.63) is 28.9 Å². The van der Waals surface area contributed by atoms with E-state index in [9.17, 15) is 4.39 Å². The molecule has 14 heavy (non-hydrogen) atoms. The number of halogens is 1. The first kappa shape index (κ1) is 9.46. The highest BCUT2D eigenvalue weighted by Crippen LogP contribution is 2.31. The fraction of sp³-hybridized carbons (Fsp3) is 0.273. The van der Waals surface area contributed by atoms with Crippen LogP contribution >= 0.6 is 11.3 Å². The van der Waals surface area contributed by atoms with Crippen molar-refractivity contribution in [1.82, 2.24) is 0 Å². The SMILES string of the molecule is CCc1cc2cc(F)c(OC)cc2s1. The van der Waals surface area contributed by atoms with Crippen LogP contribution < -0.4 is 4.74 Å². The molecule has 2 aromatic rings. The molecule has 0 aliphatic rings. The molecular formula is C11H11FOS. The second-order valence-corrected chi connectivity index (χ2v) is 4.26. The summed E-state index contributed by atoms with van der Waals surface area (Å²) in [6.07, 6.45) is 0.989. The van der Waals surface area contributed by atoms with E-state index in [4.69, 9.17) is 4.74 Å². The first-order valence-electron chi connectivity index (χ1n) is 4.50. The normalized spacial score (nSPS) is 10.8. The third-order valence-electron chi connectivity index (χ3n) is 2.19. The first-order valence-corrected chi connectivity index (χ1v) is 5.32. The van der Waals surface area contributed by atoms with E-state index < -0.39 is 0 Å². The van der Waals surface area contributed by atoms with E-state index in [1.165, 1.54) is 18.1 Å². The molecule has 1 aromatic heterocycles. The summed E-state index contributed by atoms with van der Waals surface area (Å²) in [5.74, 6) is 0.0301. The monoisotopic (exact) mass is 210 g/mol. The van der Waals surface area contributed by atoms with E-state index in [0.29, 0.717) is 5.75 Å². The van der Waals surface area contributed by atoms with Gasteiger partial charge >= 0.3 is 0 Å². The fourth-order valence-electron chi connectivity index (χ4n) is 1.43. The fourth-order valence-corrected chi connectivity index (χ4v) is 2.44. The Balaban J connectivity index is 2.64. The molecule has 0 aliphatic heterocycles. The molecule has 2 rings (SSSR count). The minimum absolute atomic E-state index is 0.291. The molecule has 0 fully saturated rings. The number of hydrogen-bond donors (Lipinski definition) is 0. The van der Waals surface area contributed by atoms with Crippen LogP contribution in [0.3, 0.4) is 0 Å². The van der Waals surface area contributed by atoms with Gasteiger partial charge in [-0.15, -0.1) is 11.3 Å². The molecule has 0 amide bonds. The highest BCUT2D eigenvalue weighted by molar-refractivity contribution is 7.19. The Kier molecular flexibility index (Phi) is 2.42. The zero-order valence-electron chi connectivity index (χ0n) is 8.13. The van der Waals surface area contributed by atoms with E-state index >= 15 is 0 Å². The standard InChI is InChI=1S/C11H11FOS/c1-3-8-4-7-5-9(12)10(13-2)6-11(7)14-8/h4-6H,3H2,1-2H3. The van der Waals surface area contributed by atoms with Gasteiger partial charge in [0.25, 0.3) is 0 Å². The van der Waals surface area contributed by atoms with E-state index in [-0.39, 0.29) is 5.82 Å². The van der Waals surface area contributed by atoms with Crippen LogP contribution in [0.25, 0.3) is 10.1 Å². The number of rotatable bonds is 2. The van der Waals surface area contributed by atoms with E-state index in [1.807, 2.05) is 6.07 Å². The van der Waals surface area contributed by atoms with Crippen LogP contribution in [0.2, 0.25) is 0 Å². The van der Waals surface area contributed by atoms with Crippen LogP contribution in [0.5, 0.6) is 5.75 Å². The molecule has 0 saturated carbocycles.